The Morgan fingerprint density at radius 3 is 2.15 bits per heavy atom. The second-order valence-corrected chi connectivity index (χ2v) is 26.6. The molecule has 3 heterocycles. The molecule has 2 aromatic rings. The van der Waals surface area contributed by atoms with Gasteiger partial charge in [0, 0.05) is 19.4 Å². The molecule has 8 atom stereocenters. The number of benzene rings is 2. The lowest BCUT2D eigenvalue weighted by atomic mass is 9.86. The van der Waals surface area contributed by atoms with Crippen molar-refractivity contribution in [2.24, 2.45) is 5.41 Å². The Hall–Kier alpha value is -2.94. The lowest BCUT2D eigenvalue weighted by Gasteiger charge is -2.49. The van der Waals surface area contributed by atoms with Crippen molar-refractivity contribution in [2.75, 3.05) is 20.3 Å². The van der Waals surface area contributed by atoms with E-state index in [0.29, 0.717) is 55.7 Å². The molecule has 0 N–H and O–H groups in total. The van der Waals surface area contributed by atoms with Crippen molar-refractivity contribution in [3.63, 3.8) is 0 Å². The van der Waals surface area contributed by atoms with Crippen molar-refractivity contribution < 1.29 is 51.9 Å². The van der Waals surface area contributed by atoms with E-state index in [1.165, 1.54) is 0 Å². The average molecular weight is 923 g/mol. The second kappa shape index (κ2) is 23.4. The molecule has 0 bridgehead atoms. The van der Waals surface area contributed by atoms with E-state index >= 15 is 0 Å². The van der Waals surface area contributed by atoms with Gasteiger partial charge in [0.1, 0.15) is 30.7 Å². The van der Waals surface area contributed by atoms with Crippen LogP contribution >= 0.6 is 0 Å². The second-order valence-electron chi connectivity index (χ2n) is 21.1. The Bertz CT molecular complexity index is 1780. The third kappa shape index (κ3) is 14.5. The molecule has 65 heavy (non-hydrogen) atoms. The normalized spacial score (nSPS) is 27.5. The zero-order chi connectivity index (χ0) is 47.6. The molecule has 0 radical (unpaired) electrons. The largest absolute Gasteiger partial charge is 0.497 e. The number of esters is 1. The number of ketones is 1. The highest BCUT2D eigenvalue weighted by Gasteiger charge is 2.52. The molecule has 0 aliphatic carbocycles. The number of carbonyl (C=O) groups is 2. The molecule has 0 aromatic heterocycles. The van der Waals surface area contributed by atoms with Crippen molar-refractivity contribution in [3.05, 3.63) is 77.9 Å². The fourth-order valence-corrected chi connectivity index (χ4v) is 15.8. The summed E-state index contributed by atoms with van der Waals surface area (Å²) in [5.41, 5.74) is 1.28. The van der Waals surface area contributed by atoms with Gasteiger partial charge in [-0.3, -0.25) is 9.59 Å². The van der Waals surface area contributed by atoms with E-state index in [-0.39, 0.29) is 49.2 Å². The van der Waals surface area contributed by atoms with E-state index in [9.17, 15) is 9.59 Å². The van der Waals surface area contributed by atoms with E-state index < -0.39 is 43.4 Å². The lowest BCUT2D eigenvalue weighted by molar-refractivity contribution is -0.213. The van der Waals surface area contributed by atoms with Crippen LogP contribution in [0.25, 0.3) is 0 Å². The third-order valence-corrected chi connectivity index (χ3v) is 19.6. The van der Waals surface area contributed by atoms with Crippen LogP contribution in [0.2, 0.25) is 16.6 Å². The van der Waals surface area contributed by atoms with E-state index in [2.05, 4.69) is 53.7 Å². The van der Waals surface area contributed by atoms with Crippen LogP contribution in [-0.4, -0.2) is 94.5 Å². The molecule has 5 rings (SSSR count). The van der Waals surface area contributed by atoms with E-state index in [0.717, 1.165) is 36.1 Å². The van der Waals surface area contributed by atoms with Gasteiger partial charge >= 0.3 is 5.97 Å². The van der Waals surface area contributed by atoms with Crippen molar-refractivity contribution in [3.8, 4) is 5.75 Å². The first-order valence-electron chi connectivity index (χ1n) is 24.3. The predicted octanol–water partition coefficient (Wildman–Crippen LogP) is 11.2. The Labute approximate surface area is 392 Å². The standard InChI is InChI=1S/C53H82O11Si/c1-36(2)65(37(3)4,38(5)6)64-44-22-17-23-48(58-34-40-24-27-42(56-13)28-25-40)53(12,62-47(44)35-59-50(55)51(7,8)9)32-41(54)26-29-45-49-46(61-52(10,11)63-49)31-43(60-45)21-18-30-57-33-39-19-15-14-16-20-39/h14-16,19-20,24-29,36-38,43-49H,17-18,21-23,30-35H2,1-13H3/b29-26+/t43-,44-,45-,46+,47-,48-,49-,53+/m1/s1. The maximum absolute atomic E-state index is 14.5. The Morgan fingerprint density at radius 1 is 0.862 bits per heavy atom. The first kappa shape index (κ1) is 53.0. The summed E-state index contributed by atoms with van der Waals surface area (Å²) in [6.07, 6.45) is 5.31. The van der Waals surface area contributed by atoms with Gasteiger partial charge in [-0.2, -0.15) is 0 Å². The summed E-state index contributed by atoms with van der Waals surface area (Å²) < 4.78 is 58.5. The zero-order valence-corrected chi connectivity index (χ0v) is 42.9. The molecule has 3 saturated heterocycles. The van der Waals surface area contributed by atoms with Gasteiger partial charge in [-0.1, -0.05) is 84.0 Å². The summed E-state index contributed by atoms with van der Waals surface area (Å²) in [4.78, 5) is 27.9. The van der Waals surface area contributed by atoms with Gasteiger partial charge in [0.25, 0.3) is 0 Å². The summed E-state index contributed by atoms with van der Waals surface area (Å²) in [5.74, 6) is -0.472. The Balaban J connectivity index is 1.40. The SMILES string of the molecule is COc1ccc(CO[C@@H]2CCC[C@@H](O[Si](C(C)C)(C(C)C)C(C)C)[C@@H](COC(=O)C(C)(C)C)O[C@@]2(C)CC(=O)/C=C/[C@H]2O[C@H](CCCOCc3ccccc3)C[C@@H]3OC(C)(C)O[C@@H]32)cc1. The molecular weight excluding hydrogens is 841 g/mol. The molecule has 0 saturated carbocycles. The molecule has 0 unspecified atom stereocenters. The van der Waals surface area contributed by atoms with Gasteiger partial charge in [-0.05, 0) is 126 Å². The highest BCUT2D eigenvalue weighted by atomic mass is 28.4. The highest BCUT2D eigenvalue weighted by Crippen LogP contribution is 2.45. The van der Waals surface area contributed by atoms with Crippen LogP contribution < -0.4 is 4.74 Å². The average Bonchev–Trinajstić information content (AvgIpc) is 3.56. The summed E-state index contributed by atoms with van der Waals surface area (Å²) in [7, 11) is -0.774. The molecule has 0 spiro atoms. The Kier molecular flexibility index (Phi) is 19.1. The summed E-state index contributed by atoms with van der Waals surface area (Å²) in [5, 5.41) is 0. The predicted molar refractivity (Wildman–Crippen MR) is 256 cm³/mol. The number of carbonyl (C=O) groups excluding carboxylic acids is 2. The lowest BCUT2D eigenvalue weighted by Crippen LogP contribution is -2.57. The minimum Gasteiger partial charge on any atom is -0.497 e. The molecule has 0 amide bonds. The van der Waals surface area contributed by atoms with E-state index in [1.54, 1.807) is 13.2 Å². The summed E-state index contributed by atoms with van der Waals surface area (Å²) >= 11 is 0. The van der Waals surface area contributed by atoms with Crippen molar-refractivity contribution >= 4 is 20.1 Å². The third-order valence-electron chi connectivity index (χ3n) is 13.4. The maximum Gasteiger partial charge on any atom is 0.311 e. The molecule has 3 aliphatic rings. The van der Waals surface area contributed by atoms with Crippen LogP contribution in [0.3, 0.4) is 0 Å². The first-order chi connectivity index (χ1) is 30.7. The zero-order valence-electron chi connectivity index (χ0n) is 41.9. The number of hydrogen-bond donors (Lipinski definition) is 0. The minimum atomic E-state index is -2.42. The van der Waals surface area contributed by atoms with Gasteiger partial charge in [0.05, 0.1) is 55.8 Å². The number of methoxy groups -OCH3 is 1. The smallest absolute Gasteiger partial charge is 0.311 e. The number of ether oxygens (including phenoxy) is 8. The molecule has 12 heteroatoms. The van der Waals surface area contributed by atoms with Crippen molar-refractivity contribution in [2.45, 2.75) is 212 Å². The van der Waals surface area contributed by atoms with Gasteiger partial charge in [-0.25, -0.2) is 0 Å². The molecule has 3 aliphatic heterocycles. The fraction of sp³-hybridized carbons (Fsp3) is 0.698. The maximum atomic E-state index is 14.5. The van der Waals surface area contributed by atoms with Gasteiger partial charge in [-0.15, -0.1) is 0 Å². The van der Waals surface area contributed by atoms with Gasteiger partial charge < -0.3 is 42.3 Å². The summed E-state index contributed by atoms with van der Waals surface area (Å²) in [6, 6.07) is 18.0. The van der Waals surface area contributed by atoms with Crippen molar-refractivity contribution in [1.29, 1.82) is 0 Å². The summed E-state index contributed by atoms with van der Waals surface area (Å²) in [6.45, 7) is 26.5. The fourth-order valence-electron chi connectivity index (χ4n) is 10.2. The molecule has 2 aromatic carbocycles. The topological polar surface area (TPSA) is 117 Å². The molecular formula is C53H82O11Si. The molecule has 3 fully saturated rings. The minimum absolute atomic E-state index is 0.00482. The van der Waals surface area contributed by atoms with Crippen LogP contribution in [0, 0.1) is 5.41 Å². The van der Waals surface area contributed by atoms with Crippen LogP contribution in [-0.2, 0) is 60.4 Å². The number of fused-ring (bicyclic) bond motifs is 1. The van der Waals surface area contributed by atoms with Crippen LogP contribution in [0.15, 0.2) is 66.7 Å². The highest BCUT2D eigenvalue weighted by molar-refractivity contribution is 6.77. The Morgan fingerprint density at radius 2 is 1.52 bits per heavy atom. The van der Waals surface area contributed by atoms with Crippen LogP contribution in [0.4, 0.5) is 0 Å². The van der Waals surface area contributed by atoms with E-state index in [1.807, 2.05) is 90.1 Å². The van der Waals surface area contributed by atoms with Gasteiger partial charge in [0.15, 0.2) is 11.6 Å². The van der Waals surface area contributed by atoms with Crippen LogP contribution in [0.1, 0.15) is 139 Å². The quantitative estimate of drug-likeness (QED) is 0.0515. The molecule has 11 nitrogen and oxygen atoms in total. The van der Waals surface area contributed by atoms with Crippen molar-refractivity contribution in [1.82, 2.24) is 0 Å². The number of rotatable bonds is 21. The number of hydrogen-bond acceptors (Lipinski definition) is 11. The number of allylic oxidation sites excluding steroid dienone is 1. The van der Waals surface area contributed by atoms with Gasteiger partial charge in [0.2, 0.25) is 8.32 Å². The monoisotopic (exact) mass is 923 g/mol. The van der Waals surface area contributed by atoms with E-state index in [4.69, 9.17) is 42.3 Å². The van der Waals surface area contributed by atoms with Crippen LogP contribution in [0.5, 0.6) is 5.75 Å². The first-order valence-corrected chi connectivity index (χ1v) is 26.4. The molecule has 364 valence electrons.